The van der Waals surface area contributed by atoms with Crippen LogP contribution < -0.4 is 4.72 Å². The minimum atomic E-state index is -3.84. The highest BCUT2D eigenvalue weighted by molar-refractivity contribution is 9.10. The molecular formula is C13H11BrCl2N2O2S. The summed E-state index contributed by atoms with van der Waals surface area (Å²) in [5.74, 6) is 0. The third kappa shape index (κ3) is 3.96. The number of nitrogens with one attached hydrogen (secondary N) is 1. The second-order valence-electron chi connectivity index (χ2n) is 4.32. The summed E-state index contributed by atoms with van der Waals surface area (Å²) >= 11 is 15.2. The molecule has 4 nitrogen and oxygen atoms in total. The van der Waals surface area contributed by atoms with Gasteiger partial charge in [-0.1, -0.05) is 39.1 Å². The molecule has 1 N–H and O–H groups in total. The Morgan fingerprint density at radius 3 is 2.24 bits per heavy atom. The van der Waals surface area contributed by atoms with Crippen LogP contribution in [0.1, 0.15) is 18.5 Å². The summed E-state index contributed by atoms with van der Waals surface area (Å²) in [5, 5.41) is 0.118. The predicted molar refractivity (Wildman–Crippen MR) is 87.1 cm³/mol. The van der Waals surface area contributed by atoms with Crippen molar-refractivity contribution in [3.63, 3.8) is 0 Å². The van der Waals surface area contributed by atoms with Gasteiger partial charge in [0.05, 0.1) is 10.0 Å². The molecule has 1 aromatic heterocycles. The van der Waals surface area contributed by atoms with Gasteiger partial charge in [-0.3, -0.25) is 4.98 Å². The number of halogens is 3. The van der Waals surface area contributed by atoms with Gasteiger partial charge < -0.3 is 0 Å². The van der Waals surface area contributed by atoms with E-state index in [0.29, 0.717) is 4.47 Å². The summed E-state index contributed by atoms with van der Waals surface area (Å²) in [7, 11) is -3.84. The number of sulfonamides is 1. The minimum absolute atomic E-state index is 0.0591. The fourth-order valence-corrected chi connectivity index (χ4v) is 4.97. The van der Waals surface area contributed by atoms with Gasteiger partial charge in [0.25, 0.3) is 0 Å². The van der Waals surface area contributed by atoms with Gasteiger partial charge in [0.1, 0.15) is 4.90 Å². The monoisotopic (exact) mass is 408 g/mol. The molecule has 0 aliphatic carbocycles. The lowest BCUT2D eigenvalue weighted by Crippen LogP contribution is -2.27. The quantitative estimate of drug-likeness (QED) is 0.823. The van der Waals surface area contributed by atoms with Crippen molar-refractivity contribution in [2.24, 2.45) is 0 Å². The van der Waals surface area contributed by atoms with E-state index in [1.165, 1.54) is 12.1 Å². The molecule has 1 atom stereocenters. The number of hydrogen-bond acceptors (Lipinski definition) is 3. The highest BCUT2D eigenvalue weighted by Gasteiger charge is 2.24. The van der Waals surface area contributed by atoms with E-state index in [0.717, 1.165) is 5.56 Å². The van der Waals surface area contributed by atoms with E-state index in [9.17, 15) is 8.42 Å². The first-order valence-corrected chi connectivity index (χ1v) is 8.91. The molecule has 0 spiro atoms. The van der Waals surface area contributed by atoms with Crippen molar-refractivity contribution in [3.05, 3.63) is 56.7 Å². The highest BCUT2D eigenvalue weighted by atomic mass is 79.9. The molecule has 21 heavy (non-hydrogen) atoms. The first kappa shape index (κ1) is 16.7. The third-order valence-electron chi connectivity index (χ3n) is 2.77. The molecule has 112 valence electrons. The number of rotatable bonds is 4. The van der Waals surface area contributed by atoms with Crippen LogP contribution in [0, 0.1) is 0 Å². The lowest BCUT2D eigenvalue weighted by molar-refractivity contribution is 0.567. The number of pyridine rings is 1. The maximum Gasteiger partial charge on any atom is 0.244 e. The Morgan fingerprint density at radius 2 is 1.71 bits per heavy atom. The molecule has 0 aliphatic rings. The van der Waals surface area contributed by atoms with Gasteiger partial charge in [-0.2, -0.15) is 0 Å². The smallest absolute Gasteiger partial charge is 0.244 e. The second-order valence-corrected chi connectivity index (χ2v) is 7.70. The molecule has 0 radical (unpaired) electrons. The Kier molecular flexibility index (Phi) is 5.27. The van der Waals surface area contributed by atoms with Crippen LogP contribution in [0.15, 0.2) is 46.0 Å². The molecule has 0 aliphatic heterocycles. The van der Waals surface area contributed by atoms with Crippen molar-refractivity contribution in [1.82, 2.24) is 9.71 Å². The fourth-order valence-electron chi connectivity index (χ4n) is 1.80. The Balaban J connectivity index is 2.36. The van der Waals surface area contributed by atoms with Gasteiger partial charge in [0.2, 0.25) is 10.0 Å². The van der Waals surface area contributed by atoms with Gasteiger partial charge >= 0.3 is 0 Å². The van der Waals surface area contributed by atoms with Crippen LogP contribution in [-0.4, -0.2) is 13.4 Å². The summed E-state index contributed by atoms with van der Waals surface area (Å²) in [6.07, 6.45) is 3.19. The fraction of sp³-hybridized carbons (Fsp3) is 0.154. The number of benzene rings is 1. The predicted octanol–water partition coefficient (Wildman–Crippen LogP) is 4.19. The zero-order valence-electron chi connectivity index (χ0n) is 10.8. The molecule has 1 unspecified atom stereocenters. The summed E-state index contributed by atoms with van der Waals surface area (Å²) in [6.45, 7) is 1.73. The van der Waals surface area contributed by atoms with E-state index >= 15 is 0 Å². The van der Waals surface area contributed by atoms with Crippen molar-refractivity contribution in [3.8, 4) is 0 Å². The van der Waals surface area contributed by atoms with E-state index in [-0.39, 0.29) is 14.9 Å². The first-order valence-electron chi connectivity index (χ1n) is 5.88. The first-order chi connectivity index (χ1) is 9.81. The topological polar surface area (TPSA) is 59.1 Å². The Morgan fingerprint density at radius 1 is 1.19 bits per heavy atom. The summed E-state index contributed by atoms with van der Waals surface area (Å²) < 4.78 is 28.1. The van der Waals surface area contributed by atoms with E-state index in [1.54, 1.807) is 31.5 Å². The zero-order chi connectivity index (χ0) is 15.6. The molecule has 0 saturated heterocycles. The van der Waals surface area contributed by atoms with E-state index < -0.39 is 16.1 Å². The minimum Gasteiger partial charge on any atom is -0.265 e. The van der Waals surface area contributed by atoms with E-state index in [1.807, 2.05) is 0 Å². The number of hydrogen-bond donors (Lipinski definition) is 1. The number of aromatic nitrogens is 1. The lowest BCUT2D eigenvalue weighted by Gasteiger charge is -2.16. The second kappa shape index (κ2) is 6.62. The van der Waals surface area contributed by atoms with Gasteiger partial charge in [-0.25, -0.2) is 13.1 Å². The van der Waals surface area contributed by atoms with Crippen molar-refractivity contribution in [1.29, 1.82) is 0 Å². The van der Waals surface area contributed by atoms with Crippen molar-refractivity contribution < 1.29 is 8.42 Å². The van der Waals surface area contributed by atoms with Crippen molar-refractivity contribution in [2.45, 2.75) is 17.9 Å². The number of nitrogens with zero attached hydrogens (tertiary/aromatic N) is 1. The maximum atomic E-state index is 12.5. The standard InChI is InChI=1S/C13H11BrCl2N2O2S/c1-8(9-2-4-17-5-3-9)18-21(19,20)13-11(15)6-10(14)7-12(13)16/h2-8,18H,1H3. The molecule has 0 saturated carbocycles. The van der Waals surface area contributed by atoms with Gasteiger partial charge in [0, 0.05) is 22.9 Å². The van der Waals surface area contributed by atoms with Crippen LogP contribution in [0.3, 0.4) is 0 Å². The van der Waals surface area contributed by atoms with Gasteiger partial charge in [0.15, 0.2) is 0 Å². The molecule has 2 rings (SSSR count). The molecule has 1 aromatic carbocycles. The van der Waals surface area contributed by atoms with Crippen molar-refractivity contribution >= 4 is 49.2 Å². The van der Waals surface area contributed by atoms with E-state index in [4.69, 9.17) is 23.2 Å². The molecule has 2 aromatic rings. The van der Waals surface area contributed by atoms with Crippen molar-refractivity contribution in [2.75, 3.05) is 0 Å². The molecule has 8 heteroatoms. The van der Waals surface area contributed by atoms with Crippen LogP contribution in [-0.2, 0) is 10.0 Å². The third-order valence-corrected chi connectivity index (χ3v) is 5.69. The normalized spacial score (nSPS) is 13.1. The molecular weight excluding hydrogens is 399 g/mol. The highest BCUT2D eigenvalue weighted by Crippen LogP contribution is 2.33. The van der Waals surface area contributed by atoms with Crippen LogP contribution in [0.5, 0.6) is 0 Å². The average molecular weight is 410 g/mol. The van der Waals surface area contributed by atoms with Crippen LogP contribution in [0.25, 0.3) is 0 Å². The molecule has 1 heterocycles. The lowest BCUT2D eigenvalue weighted by atomic mass is 10.1. The summed E-state index contributed by atoms with van der Waals surface area (Å²) in [4.78, 5) is 3.77. The van der Waals surface area contributed by atoms with Crippen LogP contribution in [0.4, 0.5) is 0 Å². The maximum absolute atomic E-state index is 12.5. The summed E-state index contributed by atoms with van der Waals surface area (Å²) in [6, 6.07) is 6.00. The molecule has 0 fully saturated rings. The SMILES string of the molecule is CC(NS(=O)(=O)c1c(Cl)cc(Br)cc1Cl)c1ccncc1. The largest absolute Gasteiger partial charge is 0.265 e. The molecule has 0 bridgehead atoms. The summed E-state index contributed by atoms with van der Waals surface area (Å²) in [5.41, 5.74) is 0.790. The van der Waals surface area contributed by atoms with Crippen LogP contribution in [0.2, 0.25) is 10.0 Å². The van der Waals surface area contributed by atoms with E-state index in [2.05, 4.69) is 25.6 Å². The van der Waals surface area contributed by atoms with Gasteiger partial charge in [-0.15, -0.1) is 0 Å². The van der Waals surface area contributed by atoms with Gasteiger partial charge in [-0.05, 0) is 36.8 Å². The molecule has 0 amide bonds. The Labute approximate surface area is 141 Å². The zero-order valence-corrected chi connectivity index (χ0v) is 14.8. The van der Waals surface area contributed by atoms with Crippen LogP contribution >= 0.6 is 39.1 Å². The Hall–Kier alpha value is -0.660. The Bertz CT molecular complexity index is 731. The average Bonchev–Trinajstić information content (AvgIpc) is 2.37.